The van der Waals surface area contributed by atoms with Crippen molar-refractivity contribution in [3.8, 4) is 0 Å². The summed E-state index contributed by atoms with van der Waals surface area (Å²) in [5, 5.41) is 11.4. The number of benzene rings is 1. The summed E-state index contributed by atoms with van der Waals surface area (Å²) in [6.45, 7) is 7.17. The topological polar surface area (TPSA) is 50.7 Å². The fraction of sp³-hybridized carbons (Fsp3) is 0.500. The molecule has 1 aromatic heterocycles. The molecular formula is C14H19ClN4. The number of anilines is 1. The summed E-state index contributed by atoms with van der Waals surface area (Å²) in [4.78, 5) is 4.40. The zero-order valence-corrected chi connectivity index (χ0v) is 12.3. The van der Waals surface area contributed by atoms with Crippen LogP contribution in [0.15, 0.2) is 24.3 Å². The summed E-state index contributed by atoms with van der Waals surface area (Å²) in [5.74, 6) is 0.526. The molecule has 0 saturated carbocycles. The number of hydrogen-bond donors (Lipinski definition) is 1. The fourth-order valence-corrected chi connectivity index (χ4v) is 2.43. The molecule has 5 heteroatoms. The average Bonchev–Trinajstić information content (AvgIpc) is 2.34. The average molecular weight is 279 g/mol. The van der Waals surface area contributed by atoms with Crippen LogP contribution in [-0.2, 0) is 0 Å². The Kier molecular flexibility index (Phi) is 4.20. The lowest BCUT2D eigenvalue weighted by Gasteiger charge is -2.21. The Bertz CT molecular complexity index is 550. The normalized spacial score (nSPS) is 13.5. The Morgan fingerprint density at radius 1 is 1.16 bits per heavy atom. The molecule has 0 spiro atoms. The van der Waals surface area contributed by atoms with Crippen LogP contribution in [0.4, 0.5) is 5.95 Å². The van der Waals surface area contributed by atoms with Crippen molar-refractivity contribution in [1.29, 1.82) is 0 Å². The fourth-order valence-electron chi connectivity index (χ4n) is 1.89. The van der Waals surface area contributed by atoms with Crippen LogP contribution < -0.4 is 5.32 Å². The first-order chi connectivity index (χ1) is 8.94. The Labute approximate surface area is 118 Å². The lowest BCUT2D eigenvalue weighted by molar-refractivity contribution is 0.373. The van der Waals surface area contributed by atoms with Crippen molar-refractivity contribution < 1.29 is 0 Å². The maximum Gasteiger partial charge on any atom is 0.243 e. The van der Waals surface area contributed by atoms with Crippen molar-refractivity contribution in [3.05, 3.63) is 24.3 Å². The molecule has 1 atom stereocenters. The smallest absolute Gasteiger partial charge is 0.243 e. The molecule has 0 radical (unpaired) electrons. The van der Waals surface area contributed by atoms with Crippen LogP contribution in [0.3, 0.4) is 0 Å². The molecule has 4 nitrogen and oxygen atoms in total. The third-order valence-electron chi connectivity index (χ3n) is 2.68. The molecule has 0 saturated heterocycles. The van der Waals surface area contributed by atoms with Crippen LogP contribution in [0.1, 0.15) is 27.2 Å². The van der Waals surface area contributed by atoms with E-state index in [1.807, 2.05) is 24.3 Å². The standard InChI is InChI=1S/C14H19ClN4/c1-14(2,3)8-10(15)9-16-13-17-11-6-4-5-7-12(11)18-19-13/h4-7,10H,8-9H2,1-3H3,(H,16,17,19). The first-order valence-electron chi connectivity index (χ1n) is 6.41. The van der Waals surface area contributed by atoms with Gasteiger partial charge in [-0.3, -0.25) is 0 Å². The molecule has 102 valence electrons. The minimum atomic E-state index is 0.0510. The van der Waals surface area contributed by atoms with Gasteiger partial charge in [-0.15, -0.1) is 21.8 Å². The monoisotopic (exact) mass is 278 g/mol. The molecule has 2 aromatic rings. The first-order valence-corrected chi connectivity index (χ1v) is 6.85. The highest BCUT2D eigenvalue weighted by molar-refractivity contribution is 6.20. The minimum Gasteiger partial charge on any atom is -0.351 e. The highest BCUT2D eigenvalue weighted by atomic mass is 35.5. The Hall–Kier alpha value is -1.42. The van der Waals surface area contributed by atoms with E-state index in [4.69, 9.17) is 11.6 Å². The van der Waals surface area contributed by atoms with Crippen molar-refractivity contribution in [2.75, 3.05) is 11.9 Å². The first kappa shape index (κ1) is 14.0. The number of halogens is 1. The molecule has 1 aromatic carbocycles. The molecule has 19 heavy (non-hydrogen) atoms. The summed E-state index contributed by atoms with van der Waals surface area (Å²) in [5.41, 5.74) is 1.85. The molecule has 0 bridgehead atoms. The third kappa shape index (κ3) is 4.31. The number of nitrogens with one attached hydrogen (secondary N) is 1. The van der Waals surface area contributed by atoms with Gasteiger partial charge in [0.25, 0.3) is 0 Å². The second-order valence-electron chi connectivity index (χ2n) is 5.87. The molecule has 1 heterocycles. The Balaban J connectivity index is 1.98. The molecule has 2 rings (SSSR count). The molecule has 1 N–H and O–H groups in total. The maximum atomic E-state index is 6.30. The highest BCUT2D eigenvalue weighted by Gasteiger charge is 2.16. The summed E-state index contributed by atoms with van der Waals surface area (Å²) in [6, 6.07) is 7.67. The predicted molar refractivity (Wildman–Crippen MR) is 79.5 cm³/mol. The lowest BCUT2D eigenvalue weighted by Crippen LogP contribution is -2.21. The molecule has 0 amide bonds. The van der Waals surface area contributed by atoms with Gasteiger partial charge in [-0.1, -0.05) is 32.9 Å². The molecule has 0 fully saturated rings. The zero-order chi connectivity index (χ0) is 13.9. The van der Waals surface area contributed by atoms with E-state index >= 15 is 0 Å². The Morgan fingerprint density at radius 2 is 1.84 bits per heavy atom. The van der Waals surface area contributed by atoms with Gasteiger partial charge in [-0.2, -0.15) is 0 Å². The van der Waals surface area contributed by atoms with E-state index in [0.29, 0.717) is 12.5 Å². The number of para-hydroxylation sites is 1. The third-order valence-corrected chi connectivity index (χ3v) is 2.98. The van der Waals surface area contributed by atoms with E-state index in [2.05, 4.69) is 41.3 Å². The number of aromatic nitrogens is 3. The second-order valence-corrected chi connectivity index (χ2v) is 6.48. The van der Waals surface area contributed by atoms with Crippen LogP contribution in [0.5, 0.6) is 0 Å². The van der Waals surface area contributed by atoms with Crippen molar-refractivity contribution in [2.24, 2.45) is 5.41 Å². The van der Waals surface area contributed by atoms with Gasteiger partial charge in [0.1, 0.15) is 5.52 Å². The molecule has 0 aliphatic heterocycles. The molecule has 0 aliphatic carbocycles. The Morgan fingerprint density at radius 3 is 2.53 bits per heavy atom. The van der Waals surface area contributed by atoms with Gasteiger partial charge < -0.3 is 5.32 Å². The molecule has 1 unspecified atom stereocenters. The predicted octanol–water partition coefficient (Wildman–Crippen LogP) is 3.48. The van der Waals surface area contributed by atoms with E-state index in [1.165, 1.54) is 0 Å². The second kappa shape index (κ2) is 5.70. The quantitative estimate of drug-likeness (QED) is 0.870. The largest absolute Gasteiger partial charge is 0.351 e. The summed E-state index contributed by atoms with van der Waals surface area (Å²) < 4.78 is 0. The van der Waals surface area contributed by atoms with Crippen LogP contribution in [0, 0.1) is 5.41 Å². The number of alkyl halides is 1. The van der Waals surface area contributed by atoms with Gasteiger partial charge in [-0.05, 0) is 24.0 Å². The number of fused-ring (bicyclic) bond motifs is 1. The number of rotatable bonds is 4. The van der Waals surface area contributed by atoms with Crippen LogP contribution in [0.2, 0.25) is 0 Å². The van der Waals surface area contributed by atoms with Gasteiger partial charge in [0, 0.05) is 6.54 Å². The van der Waals surface area contributed by atoms with Crippen molar-refractivity contribution >= 4 is 28.6 Å². The van der Waals surface area contributed by atoms with Crippen molar-refractivity contribution in [3.63, 3.8) is 0 Å². The lowest BCUT2D eigenvalue weighted by atomic mass is 9.90. The van der Waals surface area contributed by atoms with Gasteiger partial charge in [0.05, 0.1) is 10.9 Å². The SMILES string of the molecule is CC(C)(C)CC(Cl)CNc1nnc2ccccc2n1. The van der Waals surface area contributed by atoms with Crippen molar-refractivity contribution in [2.45, 2.75) is 32.6 Å². The van der Waals surface area contributed by atoms with Gasteiger partial charge in [-0.25, -0.2) is 4.98 Å². The van der Waals surface area contributed by atoms with Crippen LogP contribution >= 0.6 is 11.6 Å². The number of nitrogens with zero attached hydrogens (tertiary/aromatic N) is 3. The van der Waals surface area contributed by atoms with E-state index in [0.717, 1.165) is 17.5 Å². The zero-order valence-electron chi connectivity index (χ0n) is 11.5. The van der Waals surface area contributed by atoms with Gasteiger partial charge >= 0.3 is 0 Å². The van der Waals surface area contributed by atoms with E-state index < -0.39 is 0 Å². The minimum absolute atomic E-state index is 0.0510. The van der Waals surface area contributed by atoms with Gasteiger partial charge in [0.15, 0.2) is 0 Å². The van der Waals surface area contributed by atoms with Crippen molar-refractivity contribution in [1.82, 2.24) is 15.2 Å². The molecule has 0 aliphatic rings. The number of hydrogen-bond acceptors (Lipinski definition) is 4. The highest BCUT2D eigenvalue weighted by Crippen LogP contribution is 2.23. The van der Waals surface area contributed by atoms with Crippen LogP contribution in [0.25, 0.3) is 11.0 Å². The van der Waals surface area contributed by atoms with Crippen LogP contribution in [-0.4, -0.2) is 27.1 Å². The van der Waals surface area contributed by atoms with E-state index in [1.54, 1.807) is 0 Å². The maximum absolute atomic E-state index is 6.30. The van der Waals surface area contributed by atoms with Gasteiger partial charge in [0.2, 0.25) is 5.95 Å². The molecular weight excluding hydrogens is 260 g/mol. The summed E-state index contributed by atoms with van der Waals surface area (Å²) >= 11 is 6.30. The summed E-state index contributed by atoms with van der Waals surface area (Å²) in [7, 11) is 0. The van der Waals surface area contributed by atoms with E-state index in [-0.39, 0.29) is 10.8 Å². The van der Waals surface area contributed by atoms with E-state index in [9.17, 15) is 0 Å². The summed E-state index contributed by atoms with van der Waals surface area (Å²) in [6.07, 6.45) is 0.933.